The fourth-order valence-corrected chi connectivity index (χ4v) is 1.95. The van der Waals surface area contributed by atoms with Gasteiger partial charge in [0, 0.05) is 0 Å². The summed E-state index contributed by atoms with van der Waals surface area (Å²) >= 11 is 0. The first-order valence-corrected chi connectivity index (χ1v) is 6.06. The van der Waals surface area contributed by atoms with Crippen molar-refractivity contribution in [2.24, 2.45) is 0 Å². The molecule has 0 saturated heterocycles. The number of nitriles is 1. The molecule has 0 heterocycles. The molecule has 0 radical (unpaired) electrons. The van der Waals surface area contributed by atoms with Crippen molar-refractivity contribution >= 4 is 0 Å². The Morgan fingerprint density at radius 2 is 1.89 bits per heavy atom. The van der Waals surface area contributed by atoms with Gasteiger partial charge >= 0.3 is 6.18 Å². The van der Waals surface area contributed by atoms with Crippen molar-refractivity contribution < 1.29 is 13.2 Å². The number of unbranched alkanes of at least 4 members (excludes halogenated alkanes) is 2. The van der Waals surface area contributed by atoms with Gasteiger partial charge in [-0.25, -0.2) is 0 Å². The van der Waals surface area contributed by atoms with E-state index in [1.54, 1.807) is 6.07 Å². The highest BCUT2D eigenvalue weighted by molar-refractivity contribution is 5.35. The van der Waals surface area contributed by atoms with Gasteiger partial charge in [0.05, 0.1) is 17.6 Å². The van der Waals surface area contributed by atoms with Crippen LogP contribution in [0.1, 0.15) is 49.7 Å². The average Bonchev–Trinajstić information content (AvgIpc) is 2.34. The molecule has 0 aliphatic heterocycles. The first-order valence-electron chi connectivity index (χ1n) is 6.06. The third-order valence-corrected chi connectivity index (χ3v) is 2.89. The van der Waals surface area contributed by atoms with Gasteiger partial charge in [0.2, 0.25) is 0 Å². The van der Waals surface area contributed by atoms with E-state index >= 15 is 0 Å². The quantitative estimate of drug-likeness (QED) is 0.687. The molecule has 4 heteroatoms. The molecule has 0 bridgehead atoms. The van der Waals surface area contributed by atoms with Crippen LogP contribution in [0.25, 0.3) is 0 Å². The van der Waals surface area contributed by atoms with Gasteiger partial charge in [-0.2, -0.15) is 18.4 Å². The second kappa shape index (κ2) is 6.44. The minimum absolute atomic E-state index is 0.101. The molecule has 1 nitrogen and oxygen atoms in total. The Labute approximate surface area is 105 Å². The fraction of sp³-hybridized carbons (Fsp3) is 0.500. The number of halogens is 3. The van der Waals surface area contributed by atoms with E-state index in [4.69, 9.17) is 5.26 Å². The van der Waals surface area contributed by atoms with Crippen LogP contribution in [0, 0.1) is 11.3 Å². The molecule has 1 atom stereocenters. The summed E-state index contributed by atoms with van der Waals surface area (Å²) < 4.78 is 38.5. The van der Waals surface area contributed by atoms with Gasteiger partial charge in [0.1, 0.15) is 0 Å². The van der Waals surface area contributed by atoms with Gasteiger partial charge in [-0.1, -0.05) is 44.4 Å². The number of rotatable bonds is 5. The van der Waals surface area contributed by atoms with E-state index in [9.17, 15) is 13.2 Å². The predicted molar refractivity (Wildman–Crippen MR) is 63.9 cm³/mol. The third-order valence-electron chi connectivity index (χ3n) is 2.89. The second-order valence-corrected chi connectivity index (χ2v) is 4.26. The van der Waals surface area contributed by atoms with Crippen LogP contribution in [-0.2, 0) is 6.18 Å². The van der Waals surface area contributed by atoms with Crippen molar-refractivity contribution in [3.05, 3.63) is 35.4 Å². The van der Waals surface area contributed by atoms with Gasteiger partial charge < -0.3 is 0 Å². The smallest absolute Gasteiger partial charge is 0.198 e. The third kappa shape index (κ3) is 3.76. The van der Waals surface area contributed by atoms with E-state index < -0.39 is 17.7 Å². The lowest BCUT2D eigenvalue weighted by molar-refractivity contribution is -0.138. The standard InChI is InChI=1S/C14H16F3N/c1-2-3-4-7-11(10-18)12-8-5-6-9-13(12)14(15,16)17/h5-6,8-9,11H,2-4,7H2,1H3/t11-/m1/s1. The Balaban J connectivity index is 2.96. The zero-order valence-corrected chi connectivity index (χ0v) is 10.3. The number of hydrogen-bond acceptors (Lipinski definition) is 1. The van der Waals surface area contributed by atoms with E-state index in [0.717, 1.165) is 25.3 Å². The maximum absolute atomic E-state index is 12.8. The molecule has 1 rings (SSSR count). The molecule has 0 aliphatic rings. The molecule has 0 fully saturated rings. The lowest BCUT2D eigenvalue weighted by Gasteiger charge is -2.16. The summed E-state index contributed by atoms with van der Waals surface area (Å²) in [6.07, 6.45) is -1.21. The van der Waals surface area contributed by atoms with Crippen LogP contribution in [0.5, 0.6) is 0 Å². The molecule has 98 valence electrons. The van der Waals surface area contributed by atoms with E-state index in [0.29, 0.717) is 6.42 Å². The van der Waals surface area contributed by atoms with Crippen molar-refractivity contribution in [2.75, 3.05) is 0 Å². The minimum Gasteiger partial charge on any atom is -0.198 e. The van der Waals surface area contributed by atoms with Gasteiger partial charge in [0.15, 0.2) is 0 Å². The molecule has 1 aromatic carbocycles. The Hall–Kier alpha value is -1.50. The highest BCUT2D eigenvalue weighted by atomic mass is 19.4. The number of alkyl halides is 3. The zero-order chi connectivity index (χ0) is 13.6. The molecular formula is C14H16F3N. The summed E-state index contributed by atoms with van der Waals surface area (Å²) in [7, 11) is 0. The van der Waals surface area contributed by atoms with Gasteiger partial charge in [-0.3, -0.25) is 0 Å². The molecule has 0 unspecified atom stereocenters. The average molecular weight is 255 g/mol. The van der Waals surface area contributed by atoms with Crippen molar-refractivity contribution in [3.8, 4) is 6.07 Å². The van der Waals surface area contributed by atoms with Crippen LogP contribution >= 0.6 is 0 Å². The normalized spacial score (nSPS) is 13.1. The SMILES string of the molecule is CCCCC[C@H](C#N)c1ccccc1C(F)(F)F. The minimum atomic E-state index is -4.39. The van der Waals surface area contributed by atoms with Gasteiger partial charge in [-0.05, 0) is 18.1 Å². The van der Waals surface area contributed by atoms with E-state index in [-0.39, 0.29) is 5.56 Å². The summed E-state index contributed by atoms with van der Waals surface area (Å²) in [5.74, 6) is -0.672. The number of benzene rings is 1. The maximum Gasteiger partial charge on any atom is 0.416 e. The maximum atomic E-state index is 12.8. The topological polar surface area (TPSA) is 23.8 Å². The number of nitrogens with zero attached hydrogens (tertiary/aromatic N) is 1. The van der Waals surface area contributed by atoms with Crippen LogP contribution in [0.4, 0.5) is 13.2 Å². The molecular weight excluding hydrogens is 239 g/mol. The largest absolute Gasteiger partial charge is 0.416 e. The van der Waals surface area contributed by atoms with Crippen LogP contribution in [-0.4, -0.2) is 0 Å². The van der Waals surface area contributed by atoms with Crippen LogP contribution in [0.3, 0.4) is 0 Å². The molecule has 0 aliphatic carbocycles. The summed E-state index contributed by atoms with van der Waals surface area (Å²) in [4.78, 5) is 0. The van der Waals surface area contributed by atoms with Crippen LogP contribution < -0.4 is 0 Å². The highest BCUT2D eigenvalue weighted by Gasteiger charge is 2.34. The van der Waals surface area contributed by atoms with Crippen molar-refractivity contribution in [2.45, 2.75) is 44.7 Å². The monoisotopic (exact) mass is 255 g/mol. The second-order valence-electron chi connectivity index (χ2n) is 4.26. The lowest BCUT2D eigenvalue weighted by atomic mass is 9.90. The molecule has 18 heavy (non-hydrogen) atoms. The Kier molecular flexibility index (Phi) is 5.21. The Morgan fingerprint density at radius 1 is 1.22 bits per heavy atom. The molecule has 1 aromatic rings. The van der Waals surface area contributed by atoms with E-state index in [1.807, 2.05) is 13.0 Å². The van der Waals surface area contributed by atoms with Crippen LogP contribution in [0.2, 0.25) is 0 Å². The summed E-state index contributed by atoms with van der Waals surface area (Å²) in [5.41, 5.74) is -0.586. The van der Waals surface area contributed by atoms with E-state index in [2.05, 4.69) is 0 Å². The summed E-state index contributed by atoms with van der Waals surface area (Å²) in [6.45, 7) is 2.02. The molecule has 0 spiro atoms. The summed E-state index contributed by atoms with van der Waals surface area (Å²) in [6, 6.07) is 7.34. The fourth-order valence-electron chi connectivity index (χ4n) is 1.95. The zero-order valence-electron chi connectivity index (χ0n) is 10.3. The molecule has 0 aromatic heterocycles. The predicted octanol–water partition coefficient (Wildman–Crippen LogP) is 4.89. The Morgan fingerprint density at radius 3 is 2.44 bits per heavy atom. The molecule has 0 N–H and O–H groups in total. The van der Waals surface area contributed by atoms with Gasteiger partial charge in [0.25, 0.3) is 0 Å². The highest BCUT2D eigenvalue weighted by Crippen LogP contribution is 2.36. The molecule has 0 saturated carbocycles. The van der Waals surface area contributed by atoms with Crippen molar-refractivity contribution in [1.29, 1.82) is 5.26 Å². The first kappa shape index (κ1) is 14.6. The lowest BCUT2D eigenvalue weighted by Crippen LogP contribution is -2.11. The molecule has 0 amide bonds. The van der Waals surface area contributed by atoms with Gasteiger partial charge in [-0.15, -0.1) is 0 Å². The van der Waals surface area contributed by atoms with E-state index in [1.165, 1.54) is 12.1 Å². The summed E-state index contributed by atoms with van der Waals surface area (Å²) in [5, 5.41) is 9.05. The first-order chi connectivity index (χ1) is 8.50. The number of hydrogen-bond donors (Lipinski definition) is 0. The Bertz CT molecular complexity index is 418. The van der Waals surface area contributed by atoms with Crippen LogP contribution in [0.15, 0.2) is 24.3 Å². The van der Waals surface area contributed by atoms with Crippen molar-refractivity contribution in [1.82, 2.24) is 0 Å². The van der Waals surface area contributed by atoms with Crippen molar-refractivity contribution in [3.63, 3.8) is 0 Å².